The molecule has 9 nitrogen and oxygen atoms in total. The third-order valence-corrected chi connectivity index (χ3v) is 4.62. The van der Waals surface area contributed by atoms with Crippen molar-refractivity contribution in [3.63, 3.8) is 0 Å². The fraction of sp³-hybridized carbons (Fsp3) is 0.182. The first kappa shape index (κ1) is 20.1. The summed E-state index contributed by atoms with van der Waals surface area (Å²) in [6.45, 7) is 4.62. The van der Waals surface area contributed by atoms with Gasteiger partial charge in [-0.2, -0.15) is 5.10 Å². The van der Waals surface area contributed by atoms with Crippen LogP contribution in [0.2, 0.25) is 0 Å². The minimum absolute atomic E-state index is 0.361. The number of hydrogen-bond acceptors (Lipinski definition) is 9. The van der Waals surface area contributed by atoms with Gasteiger partial charge in [0.25, 0.3) is 0 Å². The predicted molar refractivity (Wildman–Crippen MR) is 120 cm³/mol. The highest BCUT2D eigenvalue weighted by Crippen LogP contribution is 2.21. The van der Waals surface area contributed by atoms with Crippen LogP contribution in [-0.4, -0.2) is 31.4 Å². The second kappa shape index (κ2) is 9.12. The monoisotopic (exact) mass is 414 g/mol. The summed E-state index contributed by atoms with van der Waals surface area (Å²) in [5.74, 6) is 1.66. The molecular formula is C22H22N8O. The molecule has 0 aliphatic rings. The van der Waals surface area contributed by atoms with E-state index in [1.165, 1.54) is 12.6 Å². The summed E-state index contributed by atoms with van der Waals surface area (Å²) in [7, 11) is 0. The van der Waals surface area contributed by atoms with Crippen molar-refractivity contribution in [1.29, 1.82) is 0 Å². The molecule has 4 rings (SSSR count). The Kier molecular flexibility index (Phi) is 5.93. The maximum Gasteiger partial charge on any atom is 0.180 e. The first-order valence-corrected chi connectivity index (χ1v) is 9.78. The predicted octanol–water partition coefficient (Wildman–Crippen LogP) is 3.85. The zero-order valence-corrected chi connectivity index (χ0v) is 17.2. The van der Waals surface area contributed by atoms with Gasteiger partial charge in [0.1, 0.15) is 17.8 Å². The molecule has 4 aromatic heterocycles. The second-order valence-corrected chi connectivity index (χ2v) is 7.18. The number of nitrogens with two attached hydrogens (primary N) is 1. The molecule has 4 heterocycles. The summed E-state index contributed by atoms with van der Waals surface area (Å²) in [6, 6.07) is 7.65. The number of fused-ring (bicyclic) bond motifs is 1. The molecule has 0 aliphatic carbocycles. The van der Waals surface area contributed by atoms with E-state index >= 15 is 0 Å². The Morgan fingerprint density at radius 1 is 1.16 bits per heavy atom. The number of rotatable bonds is 7. The van der Waals surface area contributed by atoms with Gasteiger partial charge in [-0.25, -0.2) is 9.97 Å². The van der Waals surface area contributed by atoms with Crippen LogP contribution in [0.25, 0.3) is 16.6 Å². The first-order chi connectivity index (χ1) is 15.1. The standard InChI is InChI=1S/C22H22N8O/c1-14(2)15-6-22(30-27-10-15)29-21-4-3-19-20(28-21)5-16(9-25-19)17(7-23)8-24-11-18-12-31-13-26-18/h3-10,12-14H,11,23H2,1-2H3,(H,28,29,30). The summed E-state index contributed by atoms with van der Waals surface area (Å²) in [5.41, 5.74) is 10.7. The summed E-state index contributed by atoms with van der Waals surface area (Å²) in [6.07, 6.45) is 9.62. The maximum atomic E-state index is 5.82. The summed E-state index contributed by atoms with van der Waals surface area (Å²) < 4.78 is 4.95. The van der Waals surface area contributed by atoms with Crippen LogP contribution < -0.4 is 11.1 Å². The van der Waals surface area contributed by atoms with E-state index in [2.05, 4.69) is 49.3 Å². The van der Waals surface area contributed by atoms with E-state index in [4.69, 9.17) is 10.2 Å². The molecular weight excluding hydrogens is 392 g/mol. The minimum atomic E-state index is 0.361. The van der Waals surface area contributed by atoms with E-state index in [1.807, 2.05) is 24.3 Å². The highest BCUT2D eigenvalue weighted by molar-refractivity contribution is 6.10. The van der Waals surface area contributed by atoms with Gasteiger partial charge in [0.05, 0.1) is 23.8 Å². The zero-order valence-electron chi connectivity index (χ0n) is 17.2. The van der Waals surface area contributed by atoms with E-state index < -0.39 is 0 Å². The van der Waals surface area contributed by atoms with E-state index in [1.54, 1.807) is 24.9 Å². The third-order valence-electron chi connectivity index (χ3n) is 4.62. The number of nitrogens with zero attached hydrogens (tertiary/aromatic N) is 6. The minimum Gasteiger partial charge on any atom is -0.451 e. The van der Waals surface area contributed by atoms with Crippen LogP contribution in [0, 0.1) is 0 Å². The number of aromatic nitrogens is 5. The lowest BCUT2D eigenvalue weighted by Crippen LogP contribution is -2.00. The Morgan fingerprint density at radius 2 is 2.06 bits per heavy atom. The number of oxazole rings is 1. The highest BCUT2D eigenvalue weighted by atomic mass is 16.3. The molecule has 0 radical (unpaired) electrons. The number of hydrogen-bond donors (Lipinski definition) is 2. The first-order valence-electron chi connectivity index (χ1n) is 9.78. The summed E-state index contributed by atoms with van der Waals surface area (Å²) >= 11 is 0. The van der Waals surface area contributed by atoms with Gasteiger partial charge >= 0.3 is 0 Å². The van der Waals surface area contributed by atoms with Crippen molar-refractivity contribution in [2.75, 3.05) is 5.32 Å². The van der Waals surface area contributed by atoms with Crippen molar-refractivity contribution in [1.82, 2.24) is 25.1 Å². The van der Waals surface area contributed by atoms with Crippen LogP contribution in [-0.2, 0) is 6.54 Å². The van der Waals surface area contributed by atoms with E-state index in [-0.39, 0.29) is 0 Å². The Morgan fingerprint density at radius 3 is 2.84 bits per heavy atom. The molecule has 0 fully saturated rings. The maximum absolute atomic E-state index is 5.82. The Balaban J connectivity index is 1.56. The second-order valence-electron chi connectivity index (χ2n) is 7.18. The smallest absolute Gasteiger partial charge is 0.180 e. The highest BCUT2D eigenvalue weighted by Gasteiger charge is 2.07. The summed E-state index contributed by atoms with van der Waals surface area (Å²) in [4.78, 5) is 17.6. The number of anilines is 2. The molecule has 0 aliphatic heterocycles. The number of aliphatic imine (C=N–C) groups is 1. The lowest BCUT2D eigenvalue weighted by molar-refractivity contribution is 0.556. The van der Waals surface area contributed by atoms with Gasteiger partial charge in [-0.15, -0.1) is 5.10 Å². The molecule has 0 bridgehead atoms. The van der Waals surface area contributed by atoms with E-state index in [9.17, 15) is 0 Å². The van der Waals surface area contributed by atoms with Crippen LogP contribution in [0.1, 0.15) is 36.6 Å². The van der Waals surface area contributed by atoms with Crippen molar-refractivity contribution in [3.05, 3.63) is 72.3 Å². The molecule has 0 unspecified atom stereocenters. The van der Waals surface area contributed by atoms with Crippen molar-refractivity contribution in [2.24, 2.45) is 10.7 Å². The molecule has 4 aromatic rings. The average Bonchev–Trinajstić information content (AvgIpc) is 3.30. The van der Waals surface area contributed by atoms with Crippen molar-refractivity contribution in [2.45, 2.75) is 26.3 Å². The molecule has 0 aromatic carbocycles. The van der Waals surface area contributed by atoms with Gasteiger partial charge < -0.3 is 15.5 Å². The lowest BCUT2D eigenvalue weighted by Gasteiger charge is -2.09. The Bertz CT molecular complexity index is 1230. The van der Waals surface area contributed by atoms with Crippen LogP contribution in [0.5, 0.6) is 0 Å². The molecule has 9 heteroatoms. The Hall–Kier alpha value is -4.14. The number of pyridine rings is 2. The molecule has 0 atom stereocenters. The van der Waals surface area contributed by atoms with Gasteiger partial charge in [-0.1, -0.05) is 13.8 Å². The molecule has 156 valence electrons. The normalized spacial score (nSPS) is 12.2. The largest absolute Gasteiger partial charge is 0.451 e. The molecule has 0 amide bonds. The average molecular weight is 414 g/mol. The quantitative estimate of drug-likeness (QED) is 0.437. The van der Waals surface area contributed by atoms with Crippen LogP contribution >= 0.6 is 0 Å². The summed E-state index contributed by atoms with van der Waals surface area (Å²) in [5, 5.41) is 11.4. The zero-order chi connectivity index (χ0) is 21.6. The van der Waals surface area contributed by atoms with Gasteiger partial charge in [0.15, 0.2) is 12.2 Å². The number of allylic oxidation sites excluding steroid dienone is 1. The fourth-order valence-electron chi connectivity index (χ4n) is 2.89. The van der Waals surface area contributed by atoms with Crippen molar-refractivity contribution >= 4 is 34.5 Å². The molecule has 0 saturated heterocycles. The molecule has 0 spiro atoms. The van der Waals surface area contributed by atoms with Gasteiger partial charge in [-0.3, -0.25) is 9.98 Å². The lowest BCUT2D eigenvalue weighted by atomic mass is 10.1. The van der Waals surface area contributed by atoms with Crippen LogP contribution in [0.4, 0.5) is 11.6 Å². The topological polar surface area (TPSA) is 128 Å². The van der Waals surface area contributed by atoms with Crippen molar-refractivity contribution < 1.29 is 4.42 Å². The molecule has 31 heavy (non-hydrogen) atoms. The third kappa shape index (κ3) is 4.89. The van der Waals surface area contributed by atoms with Gasteiger partial charge in [0, 0.05) is 29.7 Å². The van der Waals surface area contributed by atoms with Crippen LogP contribution in [0.3, 0.4) is 0 Å². The van der Waals surface area contributed by atoms with Gasteiger partial charge in [0.2, 0.25) is 0 Å². The number of nitrogens with one attached hydrogen (secondary N) is 1. The molecule has 0 saturated carbocycles. The van der Waals surface area contributed by atoms with Crippen LogP contribution in [0.15, 0.2) is 64.9 Å². The van der Waals surface area contributed by atoms with E-state index in [0.717, 1.165) is 33.4 Å². The van der Waals surface area contributed by atoms with Crippen molar-refractivity contribution in [3.8, 4) is 0 Å². The molecule has 3 N–H and O–H groups in total. The Labute approximate surface area is 179 Å². The van der Waals surface area contributed by atoms with E-state index in [0.29, 0.717) is 24.1 Å². The van der Waals surface area contributed by atoms with Gasteiger partial charge in [-0.05, 0) is 35.7 Å². The SMILES string of the molecule is CC(C)c1cnnc(Nc2ccc3ncc(C(C=NCc4cocn4)=CN)cc3n2)c1. The fourth-order valence-corrected chi connectivity index (χ4v) is 2.89.